The summed E-state index contributed by atoms with van der Waals surface area (Å²) in [7, 11) is 0. The summed E-state index contributed by atoms with van der Waals surface area (Å²) in [6.07, 6.45) is 3.45. The van der Waals surface area contributed by atoms with Crippen molar-refractivity contribution in [1.29, 1.82) is 0 Å². The van der Waals surface area contributed by atoms with E-state index >= 15 is 0 Å². The fraction of sp³-hybridized carbons (Fsp3) is 0.0588. The van der Waals surface area contributed by atoms with Crippen LogP contribution in [0.2, 0.25) is 5.02 Å². The molecule has 3 rings (SSSR count). The molecule has 2 aromatic heterocycles. The third kappa shape index (κ3) is 3.10. The zero-order valence-corrected chi connectivity index (χ0v) is 13.0. The molecule has 0 atom stereocenters. The Bertz CT molecular complexity index is 876. The Labute approximate surface area is 137 Å². The van der Waals surface area contributed by atoms with Gasteiger partial charge in [-0.3, -0.25) is 9.78 Å². The van der Waals surface area contributed by atoms with Crippen LogP contribution in [-0.4, -0.2) is 15.5 Å². The van der Waals surface area contributed by atoms with Gasteiger partial charge in [-0.15, -0.1) is 0 Å². The van der Waals surface area contributed by atoms with E-state index in [0.717, 1.165) is 17.4 Å². The highest BCUT2D eigenvalue weighted by Crippen LogP contribution is 2.21. The van der Waals surface area contributed by atoms with Crippen molar-refractivity contribution in [3.63, 3.8) is 0 Å². The lowest BCUT2D eigenvalue weighted by Crippen LogP contribution is -2.17. The quantitative estimate of drug-likeness (QED) is 0.781. The molecule has 0 spiro atoms. The number of hydrogen-bond donors (Lipinski definition) is 1. The Morgan fingerprint density at radius 2 is 2.09 bits per heavy atom. The molecular formula is C17H13ClFN3O. The molecule has 4 nitrogen and oxygen atoms in total. The number of carbonyl (C=O) groups is 1. The number of carbonyl (C=O) groups excluding carboxylic acids is 1. The highest BCUT2D eigenvalue weighted by molar-refractivity contribution is 6.30. The lowest BCUT2D eigenvalue weighted by atomic mass is 10.2. The van der Waals surface area contributed by atoms with E-state index in [1.165, 1.54) is 12.1 Å². The topological polar surface area (TPSA) is 46.9 Å². The normalized spacial score (nSPS) is 10.6. The summed E-state index contributed by atoms with van der Waals surface area (Å²) in [6, 6.07) is 11.2. The Hall–Kier alpha value is -2.66. The molecule has 0 aliphatic carbocycles. The fourth-order valence-corrected chi connectivity index (χ4v) is 2.44. The van der Waals surface area contributed by atoms with Crippen LogP contribution in [0.1, 0.15) is 16.2 Å². The molecule has 1 N–H and O–H groups in total. The number of aromatic nitrogens is 2. The number of benzene rings is 1. The van der Waals surface area contributed by atoms with E-state index in [4.69, 9.17) is 11.6 Å². The highest BCUT2D eigenvalue weighted by Gasteiger charge is 2.15. The minimum absolute atomic E-state index is 0.0788. The second kappa shape index (κ2) is 6.22. The third-order valence-corrected chi connectivity index (χ3v) is 3.63. The Morgan fingerprint density at radius 3 is 2.83 bits per heavy atom. The number of rotatable bonds is 3. The first-order chi connectivity index (χ1) is 11.1. The average Bonchev–Trinajstić information content (AvgIpc) is 3.00. The number of nitrogens with zero attached hydrogens (tertiary/aromatic N) is 2. The number of amides is 1. The Kier molecular flexibility index (Phi) is 4.12. The van der Waals surface area contributed by atoms with Crippen molar-refractivity contribution < 1.29 is 9.18 Å². The third-order valence-electron chi connectivity index (χ3n) is 3.40. The molecule has 0 saturated carbocycles. The van der Waals surface area contributed by atoms with Gasteiger partial charge in [0, 0.05) is 17.4 Å². The maximum absolute atomic E-state index is 13.8. The van der Waals surface area contributed by atoms with Crippen molar-refractivity contribution in [2.75, 3.05) is 5.32 Å². The smallest absolute Gasteiger partial charge is 0.272 e. The molecule has 2 heterocycles. The molecular weight excluding hydrogens is 317 g/mol. The maximum Gasteiger partial charge on any atom is 0.272 e. The molecule has 0 bridgehead atoms. The maximum atomic E-state index is 13.8. The van der Waals surface area contributed by atoms with Crippen LogP contribution in [0.5, 0.6) is 0 Å². The molecule has 0 unspecified atom stereocenters. The fourth-order valence-electron chi connectivity index (χ4n) is 2.28. The van der Waals surface area contributed by atoms with E-state index in [1.54, 1.807) is 35.2 Å². The standard InChI is InChI=1S/C17H13ClFN3O/c1-11-15(4-2-8-20-11)22-9-3-5-16(22)17(23)21-14-7-6-12(18)10-13(14)19/h2-10H,1H3,(H,21,23). The second-order valence-corrected chi connectivity index (χ2v) is 5.39. The average molecular weight is 330 g/mol. The van der Waals surface area contributed by atoms with Gasteiger partial charge in [-0.1, -0.05) is 11.6 Å². The number of nitrogens with one attached hydrogen (secondary N) is 1. The van der Waals surface area contributed by atoms with Crippen LogP contribution >= 0.6 is 11.6 Å². The summed E-state index contributed by atoms with van der Waals surface area (Å²) in [4.78, 5) is 16.7. The lowest BCUT2D eigenvalue weighted by Gasteiger charge is -2.12. The van der Waals surface area contributed by atoms with Gasteiger partial charge >= 0.3 is 0 Å². The van der Waals surface area contributed by atoms with Crippen LogP contribution in [0.3, 0.4) is 0 Å². The SMILES string of the molecule is Cc1ncccc1-n1cccc1C(=O)Nc1ccc(Cl)cc1F. The monoisotopic (exact) mass is 329 g/mol. The van der Waals surface area contributed by atoms with Crippen LogP contribution in [0.15, 0.2) is 54.9 Å². The Morgan fingerprint density at radius 1 is 1.26 bits per heavy atom. The van der Waals surface area contributed by atoms with Crippen LogP contribution in [0.25, 0.3) is 5.69 Å². The van der Waals surface area contributed by atoms with Gasteiger partial charge in [0.1, 0.15) is 11.5 Å². The van der Waals surface area contributed by atoms with E-state index in [1.807, 2.05) is 13.0 Å². The van der Waals surface area contributed by atoms with Crippen molar-refractivity contribution >= 4 is 23.2 Å². The molecule has 3 aromatic rings. The molecule has 0 radical (unpaired) electrons. The van der Waals surface area contributed by atoms with Crippen LogP contribution in [0.4, 0.5) is 10.1 Å². The first-order valence-electron chi connectivity index (χ1n) is 6.92. The highest BCUT2D eigenvalue weighted by atomic mass is 35.5. The summed E-state index contributed by atoms with van der Waals surface area (Å²) in [5.41, 5.74) is 2.04. The van der Waals surface area contributed by atoms with Crippen LogP contribution < -0.4 is 5.32 Å². The summed E-state index contributed by atoms with van der Waals surface area (Å²) in [5.74, 6) is -0.999. The minimum Gasteiger partial charge on any atom is -0.318 e. The van der Waals surface area contributed by atoms with Gasteiger partial charge in [-0.2, -0.15) is 0 Å². The number of halogens is 2. The van der Waals surface area contributed by atoms with E-state index in [9.17, 15) is 9.18 Å². The van der Waals surface area contributed by atoms with Crippen LogP contribution in [0, 0.1) is 12.7 Å². The van der Waals surface area contributed by atoms with Gasteiger partial charge in [0.05, 0.1) is 17.1 Å². The molecule has 1 aromatic carbocycles. The van der Waals surface area contributed by atoms with E-state index in [2.05, 4.69) is 10.3 Å². The predicted octanol–water partition coefficient (Wildman–Crippen LogP) is 4.23. The number of pyridine rings is 1. The number of hydrogen-bond acceptors (Lipinski definition) is 2. The molecule has 0 aliphatic heterocycles. The van der Waals surface area contributed by atoms with Gasteiger partial charge in [-0.05, 0) is 49.4 Å². The largest absolute Gasteiger partial charge is 0.318 e. The van der Waals surface area contributed by atoms with E-state index in [0.29, 0.717) is 5.69 Å². The van der Waals surface area contributed by atoms with E-state index in [-0.39, 0.29) is 10.7 Å². The van der Waals surface area contributed by atoms with Crippen molar-refractivity contribution in [3.8, 4) is 5.69 Å². The van der Waals surface area contributed by atoms with Crippen molar-refractivity contribution in [2.45, 2.75) is 6.92 Å². The van der Waals surface area contributed by atoms with Gasteiger partial charge in [-0.25, -0.2) is 4.39 Å². The minimum atomic E-state index is -0.582. The van der Waals surface area contributed by atoms with Gasteiger partial charge in [0.15, 0.2) is 0 Å². The van der Waals surface area contributed by atoms with Gasteiger partial charge in [0.25, 0.3) is 5.91 Å². The molecule has 1 amide bonds. The van der Waals surface area contributed by atoms with Crippen molar-refractivity contribution in [3.05, 3.63) is 77.1 Å². The molecule has 6 heteroatoms. The summed E-state index contributed by atoms with van der Waals surface area (Å²) in [5, 5.41) is 2.83. The molecule has 0 fully saturated rings. The summed E-state index contributed by atoms with van der Waals surface area (Å²) < 4.78 is 15.5. The molecule has 0 aliphatic rings. The Balaban J connectivity index is 1.93. The molecule has 116 valence electrons. The molecule has 0 saturated heterocycles. The van der Waals surface area contributed by atoms with Gasteiger partial charge in [0.2, 0.25) is 0 Å². The van der Waals surface area contributed by atoms with E-state index < -0.39 is 11.7 Å². The lowest BCUT2D eigenvalue weighted by molar-refractivity contribution is 0.102. The van der Waals surface area contributed by atoms with Crippen molar-refractivity contribution in [2.24, 2.45) is 0 Å². The van der Waals surface area contributed by atoms with Crippen molar-refractivity contribution in [1.82, 2.24) is 9.55 Å². The summed E-state index contributed by atoms with van der Waals surface area (Å²) in [6.45, 7) is 1.86. The first-order valence-corrected chi connectivity index (χ1v) is 7.30. The number of anilines is 1. The zero-order chi connectivity index (χ0) is 16.4. The zero-order valence-electron chi connectivity index (χ0n) is 12.3. The second-order valence-electron chi connectivity index (χ2n) is 4.95. The number of aryl methyl sites for hydroxylation is 1. The predicted molar refractivity (Wildman–Crippen MR) is 87.7 cm³/mol. The summed E-state index contributed by atoms with van der Waals surface area (Å²) >= 11 is 5.71. The van der Waals surface area contributed by atoms with Crippen LogP contribution in [-0.2, 0) is 0 Å². The first kappa shape index (κ1) is 15.2. The molecule has 23 heavy (non-hydrogen) atoms. The van der Waals surface area contributed by atoms with Gasteiger partial charge < -0.3 is 9.88 Å².